The van der Waals surface area contributed by atoms with Crippen molar-refractivity contribution in [3.05, 3.63) is 101 Å². The Morgan fingerprint density at radius 3 is 2.36 bits per heavy atom. The number of carbonyl (C=O) groups excluding carboxylic acids is 1. The molecule has 0 saturated heterocycles. The first-order valence-corrected chi connectivity index (χ1v) is 9.33. The molecule has 0 aliphatic carbocycles. The molecule has 4 nitrogen and oxygen atoms in total. The second-order valence-corrected chi connectivity index (χ2v) is 6.89. The molecule has 4 rings (SSSR count). The van der Waals surface area contributed by atoms with Crippen molar-refractivity contribution < 1.29 is 9.53 Å². The van der Waals surface area contributed by atoms with E-state index in [4.69, 9.17) is 9.84 Å². The Morgan fingerprint density at radius 2 is 1.64 bits per heavy atom. The summed E-state index contributed by atoms with van der Waals surface area (Å²) in [7, 11) is 1.65. The highest BCUT2D eigenvalue weighted by Gasteiger charge is 2.35. The van der Waals surface area contributed by atoms with Gasteiger partial charge in [-0.25, -0.2) is 5.01 Å². The van der Waals surface area contributed by atoms with E-state index in [9.17, 15) is 4.79 Å². The standard InChI is InChI=1S/C24H22N2O2/c1-17-12-14-18(15-13-17)21-16-22(20-10-6-7-11-23(20)28-2)26(25-21)24(27)19-8-4-3-5-9-19/h3-15,22H,16H2,1-2H3/t22-/m0/s1. The highest BCUT2D eigenvalue weighted by Crippen LogP contribution is 2.38. The van der Waals surface area contributed by atoms with E-state index in [1.54, 1.807) is 12.1 Å². The van der Waals surface area contributed by atoms with Crippen LogP contribution in [0.3, 0.4) is 0 Å². The van der Waals surface area contributed by atoms with Crippen LogP contribution >= 0.6 is 0 Å². The van der Waals surface area contributed by atoms with Crippen molar-refractivity contribution in [3.63, 3.8) is 0 Å². The van der Waals surface area contributed by atoms with Crippen LogP contribution in [0.2, 0.25) is 0 Å². The highest BCUT2D eigenvalue weighted by atomic mass is 16.5. The molecule has 0 aromatic heterocycles. The molecular formula is C24H22N2O2. The minimum atomic E-state index is -0.208. The second kappa shape index (κ2) is 7.69. The van der Waals surface area contributed by atoms with Gasteiger partial charge in [-0.05, 0) is 30.7 Å². The lowest BCUT2D eigenvalue weighted by atomic mass is 9.97. The van der Waals surface area contributed by atoms with Crippen molar-refractivity contribution in [1.29, 1.82) is 0 Å². The van der Waals surface area contributed by atoms with Crippen LogP contribution in [-0.4, -0.2) is 23.7 Å². The number of hydrogen-bond acceptors (Lipinski definition) is 3. The molecule has 28 heavy (non-hydrogen) atoms. The number of benzene rings is 3. The maximum atomic E-state index is 13.2. The number of hydrazone groups is 1. The zero-order chi connectivity index (χ0) is 19.5. The van der Waals surface area contributed by atoms with E-state index in [0.29, 0.717) is 12.0 Å². The molecule has 0 bridgehead atoms. The molecule has 0 radical (unpaired) electrons. The van der Waals surface area contributed by atoms with E-state index in [-0.39, 0.29) is 11.9 Å². The van der Waals surface area contributed by atoms with Gasteiger partial charge in [-0.1, -0.05) is 66.2 Å². The number of rotatable bonds is 4. The Labute approximate surface area is 165 Å². The third kappa shape index (κ3) is 3.41. The Kier molecular flexibility index (Phi) is 4.94. The minimum Gasteiger partial charge on any atom is -0.496 e. The fraction of sp³-hybridized carbons (Fsp3) is 0.167. The average Bonchev–Trinajstić information content (AvgIpc) is 3.19. The van der Waals surface area contributed by atoms with Gasteiger partial charge in [0.05, 0.1) is 18.9 Å². The van der Waals surface area contributed by atoms with Crippen molar-refractivity contribution in [2.45, 2.75) is 19.4 Å². The quantitative estimate of drug-likeness (QED) is 0.649. The molecule has 0 unspecified atom stereocenters. The number of para-hydroxylation sites is 1. The van der Waals surface area contributed by atoms with Crippen LogP contribution in [0.15, 0.2) is 84.0 Å². The van der Waals surface area contributed by atoms with Crippen molar-refractivity contribution in [3.8, 4) is 5.75 Å². The predicted molar refractivity (Wildman–Crippen MR) is 111 cm³/mol. The summed E-state index contributed by atoms with van der Waals surface area (Å²) in [5.74, 6) is 0.650. The summed E-state index contributed by atoms with van der Waals surface area (Å²) < 4.78 is 5.56. The van der Waals surface area contributed by atoms with Crippen LogP contribution in [-0.2, 0) is 0 Å². The van der Waals surface area contributed by atoms with Gasteiger partial charge in [0.15, 0.2) is 0 Å². The first-order chi connectivity index (χ1) is 13.7. The summed E-state index contributed by atoms with van der Waals surface area (Å²) in [4.78, 5) is 13.2. The van der Waals surface area contributed by atoms with Gasteiger partial charge in [0.1, 0.15) is 5.75 Å². The molecule has 4 heteroatoms. The molecule has 0 fully saturated rings. The van der Waals surface area contributed by atoms with E-state index in [1.165, 1.54) is 5.56 Å². The normalized spacial score (nSPS) is 16.0. The Hall–Kier alpha value is -3.40. The average molecular weight is 370 g/mol. The lowest BCUT2D eigenvalue weighted by molar-refractivity contribution is 0.0709. The molecule has 1 aliphatic rings. The van der Waals surface area contributed by atoms with Gasteiger partial charge in [-0.3, -0.25) is 4.79 Å². The van der Waals surface area contributed by atoms with Crippen LogP contribution < -0.4 is 4.74 Å². The Bertz CT molecular complexity index is 1010. The topological polar surface area (TPSA) is 41.9 Å². The van der Waals surface area contributed by atoms with E-state index >= 15 is 0 Å². The smallest absolute Gasteiger partial charge is 0.274 e. The van der Waals surface area contributed by atoms with Crippen molar-refractivity contribution in [2.75, 3.05) is 7.11 Å². The fourth-order valence-corrected chi connectivity index (χ4v) is 3.52. The van der Waals surface area contributed by atoms with Crippen molar-refractivity contribution in [1.82, 2.24) is 5.01 Å². The van der Waals surface area contributed by atoms with Crippen LogP contribution in [0.1, 0.15) is 39.5 Å². The summed E-state index contributed by atoms with van der Waals surface area (Å²) in [6.07, 6.45) is 0.641. The maximum absolute atomic E-state index is 13.2. The van der Waals surface area contributed by atoms with Gasteiger partial charge in [0.2, 0.25) is 0 Å². The Morgan fingerprint density at radius 1 is 0.964 bits per heavy atom. The van der Waals surface area contributed by atoms with Crippen molar-refractivity contribution in [2.24, 2.45) is 5.10 Å². The second-order valence-electron chi connectivity index (χ2n) is 6.89. The van der Waals surface area contributed by atoms with E-state index in [2.05, 4.69) is 31.2 Å². The number of amides is 1. The van der Waals surface area contributed by atoms with Gasteiger partial charge in [-0.15, -0.1) is 0 Å². The van der Waals surface area contributed by atoms with Crippen LogP contribution in [0, 0.1) is 6.92 Å². The van der Waals surface area contributed by atoms with E-state index in [1.807, 2.05) is 54.6 Å². The molecule has 0 spiro atoms. The fourth-order valence-electron chi connectivity index (χ4n) is 3.52. The molecule has 0 N–H and O–H groups in total. The number of methoxy groups -OCH3 is 1. The lowest BCUT2D eigenvalue weighted by Gasteiger charge is -2.23. The summed E-state index contributed by atoms with van der Waals surface area (Å²) in [5.41, 5.74) is 4.71. The largest absolute Gasteiger partial charge is 0.496 e. The molecule has 140 valence electrons. The van der Waals surface area contributed by atoms with E-state index < -0.39 is 0 Å². The number of ether oxygens (including phenoxy) is 1. The monoisotopic (exact) mass is 370 g/mol. The minimum absolute atomic E-state index is 0.112. The molecule has 3 aromatic rings. The van der Waals surface area contributed by atoms with Gasteiger partial charge in [-0.2, -0.15) is 5.10 Å². The molecule has 0 saturated carbocycles. The van der Waals surface area contributed by atoms with Crippen LogP contribution in [0.5, 0.6) is 5.75 Å². The zero-order valence-corrected chi connectivity index (χ0v) is 16.0. The van der Waals surface area contributed by atoms with Gasteiger partial charge >= 0.3 is 0 Å². The molecule has 1 heterocycles. The Balaban J connectivity index is 1.76. The van der Waals surface area contributed by atoms with Gasteiger partial charge in [0.25, 0.3) is 5.91 Å². The predicted octanol–water partition coefficient (Wildman–Crippen LogP) is 5.00. The van der Waals surface area contributed by atoms with Crippen LogP contribution in [0.4, 0.5) is 0 Å². The summed E-state index contributed by atoms with van der Waals surface area (Å²) in [6, 6.07) is 25.1. The SMILES string of the molecule is COc1ccccc1[C@@H]1CC(c2ccc(C)cc2)=NN1C(=O)c1ccccc1. The first-order valence-electron chi connectivity index (χ1n) is 9.33. The van der Waals surface area contributed by atoms with Crippen molar-refractivity contribution >= 4 is 11.6 Å². The maximum Gasteiger partial charge on any atom is 0.274 e. The molecule has 1 aliphatic heterocycles. The van der Waals surface area contributed by atoms with Gasteiger partial charge < -0.3 is 4.74 Å². The number of carbonyl (C=O) groups is 1. The lowest BCUT2D eigenvalue weighted by Crippen LogP contribution is -2.27. The van der Waals surface area contributed by atoms with Gasteiger partial charge in [0, 0.05) is 17.5 Å². The highest BCUT2D eigenvalue weighted by molar-refractivity contribution is 6.05. The number of aryl methyl sites for hydroxylation is 1. The summed E-state index contributed by atoms with van der Waals surface area (Å²) >= 11 is 0. The third-order valence-electron chi connectivity index (χ3n) is 5.02. The third-order valence-corrected chi connectivity index (χ3v) is 5.02. The molecule has 1 atom stereocenters. The molecule has 1 amide bonds. The number of nitrogens with zero attached hydrogens (tertiary/aromatic N) is 2. The van der Waals surface area contributed by atoms with Crippen LogP contribution in [0.25, 0.3) is 0 Å². The first kappa shape index (κ1) is 18.0. The van der Waals surface area contributed by atoms with E-state index in [0.717, 1.165) is 22.6 Å². The zero-order valence-electron chi connectivity index (χ0n) is 16.0. The molecular weight excluding hydrogens is 348 g/mol. The number of hydrogen-bond donors (Lipinski definition) is 0. The summed E-state index contributed by atoms with van der Waals surface area (Å²) in [6.45, 7) is 2.06. The summed E-state index contributed by atoms with van der Waals surface area (Å²) in [5, 5.41) is 6.34. The molecule has 3 aromatic carbocycles.